The summed E-state index contributed by atoms with van der Waals surface area (Å²) in [5.74, 6) is 0. The topological polar surface area (TPSA) is 14.8 Å². The molecule has 0 N–H and O–H groups in total. The monoisotopic (exact) mass is 725 g/mol. The molecular formula is C54H35N3. The van der Waals surface area contributed by atoms with Gasteiger partial charge in [-0.25, -0.2) is 0 Å². The molecule has 0 saturated heterocycles. The van der Waals surface area contributed by atoms with Gasteiger partial charge in [-0.2, -0.15) is 0 Å². The second kappa shape index (κ2) is 12.5. The number of fused-ring (bicyclic) bond motifs is 9. The van der Waals surface area contributed by atoms with Crippen molar-refractivity contribution in [2.24, 2.45) is 0 Å². The molecular weight excluding hydrogens is 691 g/mol. The second-order valence-corrected chi connectivity index (χ2v) is 15.0. The van der Waals surface area contributed by atoms with Crippen LogP contribution in [0, 0.1) is 0 Å². The van der Waals surface area contributed by atoms with Gasteiger partial charge in [0.05, 0.1) is 33.1 Å². The molecule has 57 heavy (non-hydrogen) atoms. The third-order valence-corrected chi connectivity index (χ3v) is 11.8. The molecule has 3 heterocycles. The van der Waals surface area contributed by atoms with Gasteiger partial charge in [0.2, 0.25) is 0 Å². The van der Waals surface area contributed by atoms with E-state index in [1.807, 2.05) is 0 Å². The molecule has 0 aliphatic carbocycles. The van der Waals surface area contributed by atoms with E-state index >= 15 is 0 Å². The average Bonchev–Trinajstić information content (AvgIpc) is 3.92. The first-order valence-corrected chi connectivity index (χ1v) is 19.6. The van der Waals surface area contributed by atoms with Crippen LogP contribution >= 0.6 is 0 Å². The van der Waals surface area contributed by atoms with E-state index in [1.54, 1.807) is 0 Å². The zero-order chi connectivity index (χ0) is 37.5. The van der Waals surface area contributed by atoms with E-state index in [9.17, 15) is 0 Å². The van der Waals surface area contributed by atoms with Gasteiger partial charge < -0.3 is 13.7 Å². The van der Waals surface area contributed by atoms with Crippen LogP contribution in [-0.2, 0) is 0 Å². The van der Waals surface area contributed by atoms with Gasteiger partial charge in [-0.05, 0) is 107 Å². The fourth-order valence-corrected chi connectivity index (χ4v) is 9.26. The van der Waals surface area contributed by atoms with Crippen LogP contribution in [0.15, 0.2) is 212 Å². The minimum absolute atomic E-state index is 1.14. The standard InChI is InChI=1S/C54H35N3/c1-4-14-36(15-5-1)38-24-28-51-45(32-38)43-20-10-13-23-50(43)56(51)42-27-31-54-48(35-42)46-33-39(37-16-6-2-7-17-37)25-29-52(46)57(54)41-26-30-53-47(34-41)44-21-11-12-22-49(44)55(53)40-18-8-3-9-19-40/h1-35H. The molecule has 0 fully saturated rings. The Balaban J connectivity index is 1.11. The fraction of sp³-hybridized carbons (Fsp3) is 0. The van der Waals surface area contributed by atoms with E-state index in [4.69, 9.17) is 0 Å². The van der Waals surface area contributed by atoms with Crippen LogP contribution in [0.5, 0.6) is 0 Å². The molecule has 0 saturated carbocycles. The maximum atomic E-state index is 2.45. The van der Waals surface area contributed by atoms with Crippen LogP contribution in [0.3, 0.4) is 0 Å². The van der Waals surface area contributed by atoms with Crippen LogP contribution in [-0.4, -0.2) is 13.7 Å². The highest BCUT2D eigenvalue weighted by molar-refractivity contribution is 6.14. The van der Waals surface area contributed by atoms with Crippen molar-refractivity contribution < 1.29 is 0 Å². The smallest absolute Gasteiger partial charge is 0.0542 e. The third-order valence-electron chi connectivity index (χ3n) is 11.8. The summed E-state index contributed by atoms with van der Waals surface area (Å²) in [5, 5.41) is 7.44. The number of hydrogen-bond donors (Lipinski definition) is 0. The second-order valence-electron chi connectivity index (χ2n) is 15.0. The minimum atomic E-state index is 1.14. The summed E-state index contributed by atoms with van der Waals surface area (Å²) in [7, 11) is 0. The van der Waals surface area contributed by atoms with Crippen molar-refractivity contribution >= 4 is 65.4 Å². The van der Waals surface area contributed by atoms with Crippen molar-refractivity contribution in [3.05, 3.63) is 212 Å². The summed E-state index contributed by atoms with van der Waals surface area (Å²) >= 11 is 0. The first-order chi connectivity index (χ1) is 28.3. The quantitative estimate of drug-likeness (QED) is 0.168. The summed E-state index contributed by atoms with van der Waals surface area (Å²) in [6, 6.07) is 77.5. The number of hydrogen-bond acceptors (Lipinski definition) is 0. The predicted molar refractivity (Wildman–Crippen MR) is 240 cm³/mol. The van der Waals surface area contributed by atoms with Crippen LogP contribution < -0.4 is 0 Å². The normalized spacial score (nSPS) is 11.9. The Morgan fingerprint density at radius 1 is 0.193 bits per heavy atom. The van der Waals surface area contributed by atoms with Crippen LogP contribution in [0.25, 0.3) is 105 Å². The molecule has 0 aliphatic rings. The van der Waals surface area contributed by atoms with Crippen molar-refractivity contribution in [1.29, 1.82) is 0 Å². The Morgan fingerprint density at radius 2 is 0.526 bits per heavy atom. The van der Waals surface area contributed by atoms with Crippen LogP contribution in [0.2, 0.25) is 0 Å². The molecule has 3 aromatic heterocycles. The van der Waals surface area contributed by atoms with E-state index in [-0.39, 0.29) is 0 Å². The highest BCUT2D eigenvalue weighted by Gasteiger charge is 2.19. The molecule has 9 aromatic carbocycles. The van der Waals surface area contributed by atoms with Crippen molar-refractivity contribution in [3.63, 3.8) is 0 Å². The molecule has 3 heteroatoms. The molecule has 0 bridgehead atoms. The number of nitrogens with zero attached hydrogens (tertiary/aromatic N) is 3. The summed E-state index contributed by atoms with van der Waals surface area (Å²) < 4.78 is 7.27. The molecule has 0 radical (unpaired) electrons. The lowest BCUT2D eigenvalue weighted by Gasteiger charge is -2.11. The van der Waals surface area contributed by atoms with Gasteiger partial charge in [-0.1, -0.05) is 127 Å². The number of para-hydroxylation sites is 3. The largest absolute Gasteiger partial charge is 0.309 e. The summed E-state index contributed by atoms with van der Waals surface area (Å²) in [5.41, 5.74) is 15.5. The molecule has 12 rings (SSSR count). The number of aromatic nitrogens is 3. The lowest BCUT2D eigenvalue weighted by molar-refractivity contribution is 1.16. The van der Waals surface area contributed by atoms with Crippen molar-refractivity contribution in [2.75, 3.05) is 0 Å². The molecule has 0 unspecified atom stereocenters. The Bertz CT molecular complexity index is 3500. The van der Waals surface area contributed by atoms with Gasteiger partial charge in [0.15, 0.2) is 0 Å². The van der Waals surface area contributed by atoms with Gasteiger partial charge in [0, 0.05) is 49.4 Å². The molecule has 0 aliphatic heterocycles. The first kappa shape index (κ1) is 31.7. The van der Waals surface area contributed by atoms with Gasteiger partial charge in [0.25, 0.3) is 0 Å². The predicted octanol–water partition coefficient (Wildman–Crippen LogP) is 14.3. The van der Waals surface area contributed by atoms with Gasteiger partial charge in [-0.15, -0.1) is 0 Å². The van der Waals surface area contributed by atoms with Crippen molar-refractivity contribution in [1.82, 2.24) is 13.7 Å². The van der Waals surface area contributed by atoms with E-state index in [1.165, 1.54) is 87.7 Å². The van der Waals surface area contributed by atoms with E-state index < -0.39 is 0 Å². The van der Waals surface area contributed by atoms with Crippen molar-refractivity contribution in [2.45, 2.75) is 0 Å². The number of rotatable bonds is 5. The summed E-state index contributed by atoms with van der Waals surface area (Å²) in [6.45, 7) is 0. The zero-order valence-electron chi connectivity index (χ0n) is 31.0. The van der Waals surface area contributed by atoms with Gasteiger partial charge >= 0.3 is 0 Å². The van der Waals surface area contributed by atoms with E-state index in [0.717, 1.165) is 17.1 Å². The molecule has 266 valence electrons. The Morgan fingerprint density at radius 3 is 1.02 bits per heavy atom. The van der Waals surface area contributed by atoms with Crippen LogP contribution in [0.1, 0.15) is 0 Å². The molecule has 3 nitrogen and oxygen atoms in total. The molecule has 0 amide bonds. The Hall–Kier alpha value is -7.62. The minimum Gasteiger partial charge on any atom is -0.309 e. The van der Waals surface area contributed by atoms with E-state index in [2.05, 4.69) is 226 Å². The maximum absolute atomic E-state index is 2.45. The van der Waals surface area contributed by atoms with Gasteiger partial charge in [0.1, 0.15) is 0 Å². The summed E-state index contributed by atoms with van der Waals surface area (Å²) in [4.78, 5) is 0. The highest BCUT2D eigenvalue weighted by Crippen LogP contribution is 2.41. The van der Waals surface area contributed by atoms with E-state index in [0.29, 0.717) is 0 Å². The lowest BCUT2D eigenvalue weighted by Crippen LogP contribution is -1.96. The maximum Gasteiger partial charge on any atom is 0.0542 e. The third kappa shape index (κ3) is 4.86. The van der Waals surface area contributed by atoms with Gasteiger partial charge in [-0.3, -0.25) is 0 Å². The lowest BCUT2D eigenvalue weighted by atomic mass is 10.0. The highest BCUT2D eigenvalue weighted by atomic mass is 15.0. The molecule has 0 spiro atoms. The first-order valence-electron chi connectivity index (χ1n) is 19.6. The SMILES string of the molecule is c1ccc(-c2ccc3c(c2)c2ccccc2n3-c2ccc3c(c2)c2cc(-c4ccccc4)ccc2n3-c2ccc3c(c2)c2ccccc2n3-c2ccccc2)cc1. The fourth-order valence-electron chi connectivity index (χ4n) is 9.26. The zero-order valence-corrected chi connectivity index (χ0v) is 31.0. The van der Waals surface area contributed by atoms with Crippen molar-refractivity contribution in [3.8, 4) is 39.3 Å². The number of benzene rings is 9. The Labute approximate surface area is 329 Å². The summed E-state index contributed by atoms with van der Waals surface area (Å²) in [6.07, 6.45) is 0. The van der Waals surface area contributed by atoms with Crippen LogP contribution in [0.4, 0.5) is 0 Å². The molecule has 12 aromatic rings. The molecule has 0 atom stereocenters. The Kier molecular flexibility index (Phi) is 6.93. The average molecular weight is 726 g/mol.